The summed E-state index contributed by atoms with van der Waals surface area (Å²) in [6.07, 6.45) is 1.40. The quantitative estimate of drug-likeness (QED) is 0.514. The van der Waals surface area contributed by atoms with Crippen molar-refractivity contribution in [2.45, 2.75) is 24.7 Å². The molecule has 12 heteroatoms. The molecule has 1 atom stereocenters. The average Bonchev–Trinajstić information content (AvgIpc) is 2.80. The Bertz CT molecular complexity index is 1110. The van der Waals surface area contributed by atoms with E-state index in [-0.39, 0.29) is 40.8 Å². The van der Waals surface area contributed by atoms with E-state index in [1.165, 1.54) is 46.8 Å². The number of anilines is 2. The number of hydrogen-bond acceptors (Lipinski definition) is 6. The Hall–Kier alpha value is -2.02. The molecule has 0 aromatic heterocycles. The van der Waals surface area contributed by atoms with E-state index in [1.54, 1.807) is 0 Å². The van der Waals surface area contributed by atoms with Crippen LogP contribution >= 0.6 is 11.6 Å². The molecule has 1 heterocycles. The predicted molar refractivity (Wildman–Crippen MR) is 127 cm³/mol. The summed E-state index contributed by atoms with van der Waals surface area (Å²) in [5.74, 6) is -0.566. The van der Waals surface area contributed by atoms with Gasteiger partial charge in [-0.15, -0.1) is 0 Å². The third-order valence-electron chi connectivity index (χ3n) is 5.09. The van der Waals surface area contributed by atoms with Crippen molar-refractivity contribution in [3.63, 3.8) is 0 Å². The van der Waals surface area contributed by atoms with E-state index in [1.807, 2.05) is 6.92 Å². The SMILES string of the molecule is CCCCN(c1ccc(Cl)cc1C(=O)Nc1ccc(S(=O)(=O)N2CCOCC2)cc1)S(=O)[O-]. The highest BCUT2D eigenvalue weighted by atomic mass is 35.5. The molecular weight excluding hydrogens is 490 g/mol. The molecule has 1 fully saturated rings. The second-order valence-corrected chi connectivity index (χ2v) is 10.6. The van der Waals surface area contributed by atoms with Gasteiger partial charge in [0.05, 0.1) is 29.4 Å². The molecule has 0 spiro atoms. The number of morpholine rings is 1. The third-order valence-corrected chi connectivity index (χ3v) is 7.97. The van der Waals surface area contributed by atoms with Gasteiger partial charge in [0.15, 0.2) is 0 Å². The van der Waals surface area contributed by atoms with Gasteiger partial charge >= 0.3 is 0 Å². The van der Waals surface area contributed by atoms with Crippen LogP contribution in [0.5, 0.6) is 0 Å². The smallest absolute Gasteiger partial charge is 0.257 e. The summed E-state index contributed by atoms with van der Waals surface area (Å²) in [6, 6.07) is 10.2. The molecule has 9 nitrogen and oxygen atoms in total. The lowest BCUT2D eigenvalue weighted by Crippen LogP contribution is -2.40. The van der Waals surface area contributed by atoms with Gasteiger partial charge in [0.2, 0.25) is 10.0 Å². The molecule has 0 bridgehead atoms. The van der Waals surface area contributed by atoms with Crippen molar-refractivity contribution >= 4 is 50.2 Å². The average molecular weight is 515 g/mol. The van der Waals surface area contributed by atoms with E-state index in [0.29, 0.717) is 25.3 Å². The first kappa shape index (κ1) is 25.6. The van der Waals surface area contributed by atoms with Gasteiger partial charge in [-0.2, -0.15) is 4.31 Å². The number of halogens is 1. The Kier molecular flexibility index (Phi) is 8.85. The first-order valence-corrected chi connectivity index (χ1v) is 13.2. The number of unbranched alkanes of at least 4 members (excludes halogenated alkanes) is 1. The number of rotatable bonds is 9. The van der Waals surface area contributed by atoms with Crippen LogP contribution in [0, 0.1) is 0 Å². The molecule has 0 saturated carbocycles. The summed E-state index contributed by atoms with van der Waals surface area (Å²) in [7, 11) is -3.65. The van der Waals surface area contributed by atoms with Gasteiger partial charge in [-0.1, -0.05) is 24.9 Å². The van der Waals surface area contributed by atoms with Gasteiger partial charge in [0.25, 0.3) is 5.91 Å². The highest BCUT2D eigenvalue weighted by molar-refractivity contribution is 7.89. The maximum atomic E-state index is 13.0. The lowest BCUT2D eigenvalue weighted by molar-refractivity contribution is 0.0730. The Morgan fingerprint density at radius 1 is 1.21 bits per heavy atom. The lowest BCUT2D eigenvalue weighted by atomic mass is 10.1. The molecule has 2 aromatic rings. The summed E-state index contributed by atoms with van der Waals surface area (Å²) in [6.45, 7) is 3.42. The number of ether oxygens (including phenoxy) is 1. The maximum Gasteiger partial charge on any atom is 0.257 e. The second-order valence-electron chi connectivity index (χ2n) is 7.33. The largest absolute Gasteiger partial charge is 0.755 e. The summed E-state index contributed by atoms with van der Waals surface area (Å²) in [5, 5.41) is 2.96. The number of hydrogen-bond donors (Lipinski definition) is 1. The lowest BCUT2D eigenvalue weighted by Gasteiger charge is -2.28. The standard InChI is InChI=1S/C21H26ClN3O6S2/c1-2-3-10-25(32(27)28)20-9-4-16(22)15-19(20)21(26)23-17-5-7-18(8-6-17)33(29,30)24-11-13-31-14-12-24/h4-9,15H,2-3,10-14H2,1H3,(H,23,26)(H,27,28)/p-1. The highest BCUT2D eigenvalue weighted by Gasteiger charge is 2.26. The molecule has 0 aliphatic carbocycles. The van der Waals surface area contributed by atoms with Crippen LogP contribution in [0.2, 0.25) is 5.02 Å². The fourth-order valence-corrected chi connectivity index (χ4v) is 5.51. The molecular formula is C21H25ClN3O6S2-. The molecule has 1 saturated heterocycles. The molecule has 1 aliphatic rings. The van der Waals surface area contributed by atoms with Crippen LogP contribution in [0.25, 0.3) is 0 Å². The summed E-state index contributed by atoms with van der Waals surface area (Å²) >= 11 is 3.49. The molecule has 3 rings (SSSR count). The normalized spacial score (nSPS) is 15.7. The molecule has 1 amide bonds. The van der Waals surface area contributed by atoms with Gasteiger partial charge < -0.3 is 18.9 Å². The summed E-state index contributed by atoms with van der Waals surface area (Å²) in [5.41, 5.74) is 0.660. The number of amides is 1. The fourth-order valence-electron chi connectivity index (χ4n) is 3.33. The fraction of sp³-hybridized carbons (Fsp3) is 0.381. The number of nitrogens with one attached hydrogen (secondary N) is 1. The number of carbonyl (C=O) groups is 1. The van der Waals surface area contributed by atoms with Crippen LogP contribution in [0.1, 0.15) is 30.1 Å². The van der Waals surface area contributed by atoms with Gasteiger partial charge in [0, 0.05) is 41.6 Å². The topological polar surface area (TPSA) is 119 Å². The van der Waals surface area contributed by atoms with E-state index in [4.69, 9.17) is 16.3 Å². The molecule has 1 N–H and O–H groups in total. The minimum Gasteiger partial charge on any atom is -0.755 e. The van der Waals surface area contributed by atoms with Crippen molar-refractivity contribution in [3.8, 4) is 0 Å². The van der Waals surface area contributed by atoms with Crippen molar-refractivity contribution in [2.75, 3.05) is 42.5 Å². The maximum absolute atomic E-state index is 13.0. The van der Waals surface area contributed by atoms with Crippen molar-refractivity contribution in [3.05, 3.63) is 53.1 Å². The van der Waals surface area contributed by atoms with Gasteiger partial charge in [-0.25, -0.2) is 8.42 Å². The molecule has 0 radical (unpaired) electrons. The number of nitrogens with zero attached hydrogens (tertiary/aromatic N) is 2. The summed E-state index contributed by atoms with van der Waals surface area (Å²) in [4.78, 5) is 13.1. The van der Waals surface area contributed by atoms with E-state index in [2.05, 4.69) is 5.32 Å². The predicted octanol–water partition coefficient (Wildman–Crippen LogP) is 3.01. The Balaban J connectivity index is 1.81. The highest BCUT2D eigenvalue weighted by Crippen LogP contribution is 2.27. The second kappa shape index (κ2) is 11.4. The molecule has 1 aliphatic heterocycles. The van der Waals surface area contributed by atoms with E-state index >= 15 is 0 Å². The van der Waals surface area contributed by atoms with Crippen LogP contribution < -0.4 is 9.62 Å². The van der Waals surface area contributed by atoms with Crippen LogP contribution in [0.15, 0.2) is 47.4 Å². The molecule has 180 valence electrons. The zero-order valence-corrected chi connectivity index (χ0v) is 20.4. The minimum atomic E-state index is -3.65. The third kappa shape index (κ3) is 6.31. The van der Waals surface area contributed by atoms with Crippen LogP contribution in [0.4, 0.5) is 11.4 Å². The molecule has 1 unspecified atom stereocenters. The van der Waals surface area contributed by atoms with Crippen molar-refractivity contribution < 1.29 is 26.7 Å². The first-order valence-electron chi connectivity index (χ1n) is 10.4. The van der Waals surface area contributed by atoms with Gasteiger partial charge in [0.1, 0.15) is 0 Å². The van der Waals surface area contributed by atoms with E-state index in [0.717, 1.165) is 10.7 Å². The van der Waals surface area contributed by atoms with Gasteiger partial charge in [-0.3, -0.25) is 9.00 Å². The number of carbonyl (C=O) groups excluding carboxylic acids is 1. The minimum absolute atomic E-state index is 0.0906. The van der Waals surface area contributed by atoms with Crippen LogP contribution in [0.3, 0.4) is 0 Å². The van der Waals surface area contributed by atoms with Crippen LogP contribution in [-0.4, -0.2) is 60.2 Å². The number of sulfonamides is 1. The molecule has 2 aromatic carbocycles. The first-order chi connectivity index (χ1) is 15.7. The summed E-state index contributed by atoms with van der Waals surface area (Å²) < 4.78 is 56.7. The zero-order valence-electron chi connectivity index (χ0n) is 18.0. The van der Waals surface area contributed by atoms with Crippen molar-refractivity contribution in [1.29, 1.82) is 0 Å². The Morgan fingerprint density at radius 3 is 2.48 bits per heavy atom. The Morgan fingerprint density at radius 2 is 1.88 bits per heavy atom. The van der Waals surface area contributed by atoms with Crippen molar-refractivity contribution in [2.24, 2.45) is 0 Å². The Labute approximate surface area is 201 Å². The van der Waals surface area contributed by atoms with Crippen LogP contribution in [-0.2, 0) is 26.0 Å². The van der Waals surface area contributed by atoms with E-state index < -0.39 is 27.2 Å². The van der Waals surface area contributed by atoms with E-state index in [9.17, 15) is 22.0 Å². The molecule has 33 heavy (non-hydrogen) atoms. The zero-order chi connectivity index (χ0) is 24.0. The van der Waals surface area contributed by atoms with Gasteiger partial charge in [-0.05, 0) is 48.9 Å². The number of benzene rings is 2. The van der Waals surface area contributed by atoms with Crippen molar-refractivity contribution in [1.82, 2.24) is 4.31 Å². The monoisotopic (exact) mass is 514 g/mol.